The van der Waals surface area contributed by atoms with Crippen molar-refractivity contribution in [3.8, 4) is 0 Å². The van der Waals surface area contributed by atoms with Crippen molar-refractivity contribution in [1.82, 2.24) is 4.90 Å². The van der Waals surface area contributed by atoms with E-state index >= 15 is 0 Å². The van der Waals surface area contributed by atoms with Crippen LogP contribution in [-0.2, 0) is 0 Å². The quantitative estimate of drug-likeness (QED) is 0.741. The van der Waals surface area contributed by atoms with Crippen molar-refractivity contribution in [2.45, 2.75) is 45.1 Å². The number of urea groups is 1. The van der Waals surface area contributed by atoms with Gasteiger partial charge in [0.2, 0.25) is 0 Å². The molecule has 1 aliphatic rings. The van der Waals surface area contributed by atoms with Gasteiger partial charge in [0.05, 0.1) is 5.54 Å². The number of nitrogens with two attached hydrogens (primary N) is 2. The van der Waals surface area contributed by atoms with Crippen LogP contribution in [0.1, 0.15) is 39.5 Å². The lowest BCUT2D eigenvalue weighted by Crippen LogP contribution is -2.59. The monoisotopic (exact) mass is 213 g/mol. The van der Waals surface area contributed by atoms with Crippen molar-refractivity contribution in [3.05, 3.63) is 0 Å². The third kappa shape index (κ3) is 2.43. The molecule has 2 amide bonds. The van der Waals surface area contributed by atoms with Gasteiger partial charge in [0.1, 0.15) is 0 Å². The normalized spacial score (nSPS) is 31.3. The number of carbonyl (C=O) groups excluding carboxylic acids is 1. The van der Waals surface area contributed by atoms with E-state index < -0.39 is 0 Å². The van der Waals surface area contributed by atoms with Gasteiger partial charge in [-0.1, -0.05) is 19.8 Å². The van der Waals surface area contributed by atoms with Crippen LogP contribution in [0.3, 0.4) is 0 Å². The third-order valence-electron chi connectivity index (χ3n) is 3.60. The molecule has 0 saturated heterocycles. The fourth-order valence-corrected chi connectivity index (χ4v) is 2.90. The van der Waals surface area contributed by atoms with E-state index in [1.807, 2.05) is 6.92 Å². The van der Waals surface area contributed by atoms with Gasteiger partial charge in [-0.25, -0.2) is 4.79 Å². The summed E-state index contributed by atoms with van der Waals surface area (Å²) in [7, 11) is 0. The van der Waals surface area contributed by atoms with Gasteiger partial charge >= 0.3 is 6.03 Å². The first-order valence-electron chi connectivity index (χ1n) is 5.83. The van der Waals surface area contributed by atoms with Crippen LogP contribution in [0.4, 0.5) is 4.79 Å². The molecule has 4 heteroatoms. The van der Waals surface area contributed by atoms with Crippen LogP contribution in [-0.4, -0.2) is 29.6 Å². The van der Waals surface area contributed by atoms with Gasteiger partial charge < -0.3 is 16.4 Å². The molecule has 0 aromatic heterocycles. The summed E-state index contributed by atoms with van der Waals surface area (Å²) in [6.45, 7) is 5.35. The molecule has 1 rings (SSSR count). The summed E-state index contributed by atoms with van der Waals surface area (Å²) in [6.07, 6.45) is 4.35. The van der Waals surface area contributed by atoms with E-state index in [4.69, 9.17) is 11.5 Å². The van der Waals surface area contributed by atoms with Gasteiger partial charge in [0.25, 0.3) is 0 Å². The molecule has 0 bridgehead atoms. The molecule has 1 saturated carbocycles. The maximum Gasteiger partial charge on any atom is 0.315 e. The van der Waals surface area contributed by atoms with Crippen LogP contribution in [0.2, 0.25) is 0 Å². The molecular weight excluding hydrogens is 190 g/mol. The summed E-state index contributed by atoms with van der Waals surface area (Å²) in [4.78, 5) is 13.1. The van der Waals surface area contributed by atoms with E-state index in [1.165, 1.54) is 6.42 Å². The summed E-state index contributed by atoms with van der Waals surface area (Å²) < 4.78 is 0. The van der Waals surface area contributed by atoms with Crippen molar-refractivity contribution in [2.75, 3.05) is 13.1 Å². The summed E-state index contributed by atoms with van der Waals surface area (Å²) in [5, 5.41) is 0. The topological polar surface area (TPSA) is 72.3 Å². The number of likely N-dealkylation sites (N-methyl/N-ethyl adjacent to an activating group) is 1. The highest BCUT2D eigenvalue weighted by Crippen LogP contribution is 2.35. The summed E-state index contributed by atoms with van der Waals surface area (Å²) in [5.74, 6) is 0.635. The molecule has 0 aromatic carbocycles. The zero-order valence-corrected chi connectivity index (χ0v) is 9.83. The minimum absolute atomic E-state index is 0.182. The van der Waals surface area contributed by atoms with Gasteiger partial charge in [-0.2, -0.15) is 0 Å². The van der Waals surface area contributed by atoms with Crippen LogP contribution < -0.4 is 11.5 Å². The Labute approximate surface area is 92.0 Å². The fraction of sp³-hybridized carbons (Fsp3) is 0.909. The first kappa shape index (κ1) is 12.3. The van der Waals surface area contributed by atoms with E-state index in [0.29, 0.717) is 19.0 Å². The van der Waals surface area contributed by atoms with Crippen molar-refractivity contribution in [3.63, 3.8) is 0 Å². The second-order valence-corrected chi connectivity index (χ2v) is 4.71. The number of primary amides is 1. The Morgan fingerprint density at radius 1 is 1.60 bits per heavy atom. The molecule has 0 spiro atoms. The van der Waals surface area contributed by atoms with Crippen LogP contribution in [0.5, 0.6) is 0 Å². The lowest BCUT2D eigenvalue weighted by atomic mass is 9.75. The van der Waals surface area contributed by atoms with Crippen LogP contribution in [0.25, 0.3) is 0 Å². The standard InChI is InChI=1S/C11H23N3O/c1-3-14(10(13)15)11(8-12)6-4-5-9(2)7-11/h9H,3-8,12H2,1-2H3,(H2,13,15). The molecule has 0 aromatic rings. The van der Waals surface area contributed by atoms with Crippen LogP contribution in [0.15, 0.2) is 0 Å². The molecule has 0 aliphatic heterocycles. The lowest BCUT2D eigenvalue weighted by Gasteiger charge is -2.46. The molecule has 4 N–H and O–H groups in total. The Hall–Kier alpha value is -0.770. The number of carbonyl (C=O) groups is 1. The number of hydrogen-bond donors (Lipinski definition) is 2. The lowest BCUT2D eigenvalue weighted by molar-refractivity contribution is 0.0740. The van der Waals surface area contributed by atoms with Gasteiger partial charge in [-0.05, 0) is 25.7 Å². The second-order valence-electron chi connectivity index (χ2n) is 4.71. The summed E-state index contributed by atoms with van der Waals surface area (Å²) >= 11 is 0. The zero-order valence-electron chi connectivity index (χ0n) is 9.83. The second kappa shape index (κ2) is 4.84. The molecule has 0 heterocycles. The number of rotatable bonds is 3. The molecule has 0 radical (unpaired) electrons. The molecule has 1 fully saturated rings. The van der Waals surface area contributed by atoms with Crippen LogP contribution >= 0.6 is 0 Å². The Morgan fingerprint density at radius 3 is 2.67 bits per heavy atom. The Kier molecular flexibility index (Phi) is 3.97. The first-order valence-corrected chi connectivity index (χ1v) is 5.83. The number of amides is 2. The highest BCUT2D eigenvalue weighted by atomic mass is 16.2. The van der Waals surface area contributed by atoms with Crippen molar-refractivity contribution >= 4 is 6.03 Å². The van der Waals surface area contributed by atoms with Crippen molar-refractivity contribution in [1.29, 1.82) is 0 Å². The highest BCUT2D eigenvalue weighted by molar-refractivity contribution is 5.73. The Morgan fingerprint density at radius 2 is 2.27 bits per heavy atom. The average molecular weight is 213 g/mol. The predicted molar refractivity (Wildman–Crippen MR) is 61.4 cm³/mol. The molecule has 88 valence electrons. The van der Waals surface area contributed by atoms with Crippen molar-refractivity contribution in [2.24, 2.45) is 17.4 Å². The SMILES string of the molecule is CCN(C(N)=O)C1(CN)CCCC(C)C1. The number of hydrogen-bond acceptors (Lipinski definition) is 2. The molecular formula is C11H23N3O. The molecule has 2 atom stereocenters. The van der Waals surface area contributed by atoms with Gasteiger partial charge in [-0.15, -0.1) is 0 Å². The van der Waals surface area contributed by atoms with Gasteiger partial charge in [0.15, 0.2) is 0 Å². The smallest absolute Gasteiger partial charge is 0.315 e. The van der Waals surface area contributed by atoms with Crippen molar-refractivity contribution < 1.29 is 4.79 Å². The third-order valence-corrected chi connectivity index (χ3v) is 3.60. The number of nitrogens with zero attached hydrogens (tertiary/aromatic N) is 1. The highest BCUT2D eigenvalue weighted by Gasteiger charge is 2.40. The fourth-order valence-electron chi connectivity index (χ4n) is 2.90. The Bertz CT molecular complexity index is 232. The van der Waals surface area contributed by atoms with E-state index in [9.17, 15) is 4.79 Å². The maximum absolute atomic E-state index is 11.4. The average Bonchev–Trinajstić information content (AvgIpc) is 2.18. The minimum atomic E-state index is -0.336. The molecule has 2 unspecified atom stereocenters. The van der Waals surface area contributed by atoms with Gasteiger partial charge in [-0.3, -0.25) is 0 Å². The molecule has 4 nitrogen and oxygen atoms in total. The summed E-state index contributed by atoms with van der Waals surface area (Å²) in [6, 6.07) is -0.336. The molecule has 1 aliphatic carbocycles. The largest absolute Gasteiger partial charge is 0.351 e. The first-order chi connectivity index (χ1) is 7.05. The molecule has 15 heavy (non-hydrogen) atoms. The summed E-state index contributed by atoms with van der Waals surface area (Å²) in [5.41, 5.74) is 11.1. The van der Waals surface area contributed by atoms with Gasteiger partial charge in [0, 0.05) is 13.1 Å². The minimum Gasteiger partial charge on any atom is -0.351 e. The van der Waals surface area contributed by atoms with E-state index in [2.05, 4.69) is 6.92 Å². The Balaban J connectivity index is 2.85. The van der Waals surface area contributed by atoms with E-state index in [-0.39, 0.29) is 11.6 Å². The van der Waals surface area contributed by atoms with Crippen LogP contribution in [0, 0.1) is 5.92 Å². The predicted octanol–water partition coefficient (Wildman–Crippen LogP) is 1.29. The van der Waals surface area contributed by atoms with E-state index in [1.54, 1.807) is 4.90 Å². The maximum atomic E-state index is 11.4. The zero-order chi connectivity index (χ0) is 11.5. The van der Waals surface area contributed by atoms with E-state index in [0.717, 1.165) is 19.3 Å².